The van der Waals surface area contributed by atoms with Gasteiger partial charge < -0.3 is 20.0 Å². The van der Waals surface area contributed by atoms with Gasteiger partial charge in [0.05, 0.1) is 25.9 Å². The summed E-state index contributed by atoms with van der Waals surface area (Å²) in [5.74, 6) is 1.05. The maximum atomic E-state index is 5.65. The molecule has 128 valence electrons. The normalized spacial score (nSPS) is 16.0. The molecule has 2 heterocycles. The van der Waals surface area contributed by atoms with Crippen molar-refractivity contribution in [2.45, 2.75) is 25.3 Å². The van der Waals surface area contributed by atoms with E-state index in [1.165, 1.54) is 31.5 Å². The molecule has 3 N–H and O–H groups in total. The second-order valence-electron chi connectivity index (χ2n) is 6.31. The SMILES string of the molecule is S=C(NCCc1ccccc1)NC[C@@H](c1ccco1)[NH+]1CCCC1. The first-order valence-electron chi connectivity index (χ1n) is 8.76. The number of hydrogen-bond acceptors (Lipinski definition) is 2. The van der Waals surface area contributed by atoms with Gasteiger partial charge in [0.1, 0.15) is 0 Å². The number of nitrogens with one attached hydrogen (secondary N) is 3. The molecule has 1 atom stereocenters. The summed E-state index contributed by atoms with van der Waals surface area (Å²) in [6.07, 6.45) is 5.33. The highest BCUT2D eigenvalue weighted by atomic mass is 32.1. The lowest BCUT2D eigenvalue weighted by molar-refractivity contribution is -0.919. The van der Waals surface area contributed by atoms with Crippen LogP contribution in [-0.2, 0) is 6.42 Å². The zero-order valence-corrected chi connectivity index (χ0v) is 14.8. The highest BCUT2D eigenvalue weighted by Crippen LogP contribution is 2.11. The number of rotatable bonds is 7. The molecule has 1 aromatic heterocycles. The van der Waals surface area contributed by atoms with E-state index in [1.807, 2.05) is 12.1 Å². The van der Waals surface area contributed by atoms with Gasteiger partial charge in [-0.2, -0.15) is 0 Å². The van der Waals surface area contributed by atoms with E-state index in [4.69, 9.17) is 16.6 Å². The van der Waals surface area contributed by atoms with Crippen molar-refractivity contribution in [2.24, 2.45) is 0 Å². The first-order chi connectivity index (χ1) is 11.8. The lowest BCUT2D eigenvalue weighted by atomic mass is 10.1. The molecule has 1 saturated heterocycles. The van der Waals surface area contributed by atoms with Crippen LogP contribution in [0.1, 0.15) is 30.2 Å². The van der Waals surface area contributed by atoms with Crippen molar-refractivity contribution in [3.8, 4) is 0 Å². The monoisotopic (exact) mass is 344 g/mol. The third-order valence-electron chi connectivity index (χ3n) is 4.63. The molecule has 1 aliphatic rings. The average molecular weight is 345 g/mol. The van der Waals surface area contributed by atoms with Gasteiger partial charge in [0, 0.05) is 19.4 Å². The maximum Gasteiger partial charge on any atom is 0.166 e. The summed E-state index contributed by atoms with van der Waals surface area (Å²) in [5, 5.41) is 7.40. The van der Waals surface area contributed by atoms with Crippen LogP contribution < -0.4 is 15.5 Å². The Morgan fingerprint density at radius 1 is 1.08 bits per heavy atom. The standard InChI is InChI=1S/C19H25N3OS/c24-19(20-11-10-16-7-2-1-3-8-16)21-15-17(18-9-6-14-23-18)22-12-4-5-13-22/h1-3,6-9,14,17H,4-5,10-13,15H2,(H2,20,21,24)/p+1/t17-/m0/s1. The highest BCUT2D eigenvalue weighted by molar-refractivity contribution is 7.80. The van der Waals surface area contributed by atoms with Crippen LogP contribution in [0.4, 0.5) is 0 Å². The van der Waals surface area contributed by atoms with Crippen molar-refractivity contribution in [3.05, 3.63) is 60.1 Å². The molecule has 1 fully saturated rings. The lowest BCUT2D eigenvalue weighted by Gasteiger charge is -2.23. The Balaban J connectivity index is 1.44. The van der Waals surface area contributed by atoms with Crippen molar-refractivity contribution >= 4 is 17.3 Å². The first-order valence-corrected chi connectivity index (χ1v) is 9.17. The predicted molar refractivity (Wildman–Crippen MR) is 100 cm³/mol. The fourth-order valence-corrected chi connectivity index (χ4v) is 3.52. The minimum absolute atomic E-state index is 0.330. The van der Waals surface area contributed by atoms with Gasteiger partial charge in [-0.1, -0.05) is 30.3 Å². The molecule has 1 aliphatic heterocycles. The number of hydrogen-bond donors (Lipinski definition) is 3. The quantitative estimate of drug-likeness (QED) is 0.669. The topological polar surface area (TPSA) is 41.6 Å². The summed E-state index contributed by atoms with van der Waals surface area (Å²) in [7, 11) is 0. The van der Waals surface area contributed by atoms with E-state index in [9.17, 15) is 0 Å². The Morgan fingerprint density at radius 2 is 1.88 bits per heavy atom. The molecule has 0 saturated carbocycles. The van der Waals surface area contributed by atoms with E-state index >= 15 is 0 Å². The molecule has 2 aromatic rings. The van der Waals surface area contributed by atoms with Crippen LogP contribution in [0.15, 0.2) is 53.1 Å². The third-order valence-corrected chi connectivity index (χ3v) is 4.92. The molecule has 1 aromatic carbocycles. The molecule has 5 heteroatoms. The molecule has 0 bridgehead atoms. The van der Waals surface area contributed by atoms with Crippen molar-refractivity contribution in [1.29, 1.82) is 0 Å². The van der Waals surface area contributed by atoms with Crippen LogP contribution in [0.5, 0.6) is 0 Å². The second kappa shape index (κ2) is 8.85. The molecule has 0 aliphatic carbocycles. The van der Waals surface area contributed by atoms with Crippen molar-refractivity contribution in [3.63, 3.8) is 0 Å². The van der Waals surface area contributed by atoms with E-state index < -0.39 is 0 Å². The summed E-state index contributed by atoms with van der Waals surface area (Å²) in [4.78, 5) is 1.59. The Labute approximate surface area is 149 Å². The first kappa shape index (κ1) is 17.0. The zero-order valence-electron chi connectivity index (χ0n) is 14.0. The summed E-state index contributed by atoms with van der Waals surface area (Å²) in [5.41, 5.74) is 1.32. The number of furan rings is 1. The van der Waals surface area contributed by atoms with Crippen molar-refractivity contribution in [1.82, 2.24) is 10.6 Å². The van der Waals surface area contributed by atoms with Gasteiger partial charge >= 0.3 is 0 Å². The van der Waals surface area contributed by atoms with Gasteiger partial charge in [0.15, 0.2) is 16.9 Å². The fraction of sp³-hybridized carbons (Fsp3) is 0.421. The molecule has 0 amide bonds. The summed E-state index contributed by atoms with van der Waals surface area (Å²) < 4.78 is 5.65. The van der Waals surface area contributed by atoms with Gasteiger partial charge in [0.25, 0.3) is 0 Å². The van der Waals surface area contributed by atoms with Crippen molar-refractivity contribution < 1.29 is 9.32 Å². The number of likely N-dealkylation sites (tertiary alicyclic amines) is 1. The highest BCUT2D eigenvalue weighted by Gasteiger charge is 2.29. The molecule has 24 heavy (non-hydrogen) atoms. The number of benzene rings is 1. The molecule has 0 radical (unpaired) electrons. The Kier molecular flexibility index (Phi) is 6.26. The molecule has 0 spiro atoms. The van der Waals surface area contributed by atoms with Crippen LogP contribution in [0.2, 0.25) is 0 Å². The molecule has 3 rings (SSSR count). The molecular formula is C19H26N3OS+. The van der Waals surface area contributed by atoms with Gasteiger partial charge in [-0.15, -0.1) is 0 Å². The van der Waals surface area contributed by atoms with Crippen LogP contribution in [0.25, 0.3) is 0 Å². The van der Waals surface area contributed by atoms with Crippen LogP contribution in [-0.4, -0.2) is 31.3 Å². The molecular weight excluding hydrogens is 318 g/mol. The van der Waals surface area contributed by atoms with E-state index in [1.54, 1.807) is 11.2 Å². The summed E-state index contributed by atoms with van der Waals surface area (Å²) in [6.45, 7) is 4.07. The predicted octanol–water partition coefficient (Wildman–Crippen LogP) is 1.71. The third kappa shape index (κ3) is 4.82. The zero-order chi connectivity index (χ0) is 16.6. The van der Waals surface area contributed by atoms with Gasteiger partial charge in [-0.05, 0) is 36.3 Å². The van der Waals surface area contributed by atoms with Gasteiger partial charge in [-0.25, -0.2) is 0 Å². The van der Waals surface area contributed by atoms with Crippen LogP contribution in [0, 0.1) is 0 Å². The van der Waals surface area contributed by atoms with Gasteiger partial charge in [-0.3, -0.25) is 0 Å². The van der Waals surface area contributed by atoms with E-state index in [2.05, 4.69) is 41.0 Å². The minimum Gasteiger partial charge on any atom is -0.463 e. The maximum absolute atomic E-state index is 5.65. The molecule has 0 unspecified atom stereocenters. The largest absolute Gasteiger partial charge is 0.463 e. The van der Waals surface area contributed by atoms with Crippen LogP contribution >= 0.6 is 12.2 Å². The Bertz CT molecular complexity index is 609. The smallest absolute Gasteiger partial charge is 0.166 e. The van der Waals surface area contributed by atoms with Crippen molar-refractivity contribution in [2.75, 3.05) is 26.2 Å². The summed E-state index contributed by atoms with van der Waals surface area (Å²) >= 11 is 5.43. The summed E-state index contributed by atoms with van der Waals surface area (Å²) in [6, 6.07) is 14.8. The number of quaternary nitrogens is 1. The molecule has 4 nitrogen and oxygen atoms in total. The lowest BCUT2D eigenvalue weighted by Crippen LogP contribution is -3.11. The van der Waals surface area contributed by atoms with Crippen LogP contribution in [0.3, 0.4) is 0 Å². The fourth-order valence-electron chi connectivity index (χ4n) is 3.34. The second-order valence-corrected chi connectivity index (χ2v) is 6.71. The average Bonchev–Trinajstić information content (AvgIpc) is 3.30. The minimum atomic E-state index is 0.330. The Hall–Kier alpha value is -1.85. The van der Waals surface area contributed by atoms with Gasteiger partial charge in [0.2, 0.25) is 0 Å². The van der Waals surface area contributed by atoms with E-state index in [0.717, 1.165) is 30.4 Å². The van der Waals surface area contributed by atoms with E-state index in [0.29, 0.717) is 6.04 Å². The van der Waals surface area contributed by atoms with E-state index in [-0.39, 0.29) is 0 Å². The Morgan fingerprint density at radius 3 is 2.58 bits per heavy atom. The number of thiocarbonyl (C=S) groups is 1.